The second kappa shape index (κ2) is 19.4. The van der Waals surface area contributed by atoms with Crippen LogP contribution in [0.25, 0.3) is 83.9 Å². The van der Waals surface area contributed by atoms with Gasteiger partial charge in [-0.1, -0.05) is 194 Å². The van der Waals surface area contributed by atoms with E-state index >= 15 is 0 Å². The SMILES string of the molecule is Cc1nc(-c2[c-]c(-c3cccc4c3nc(-c3cc(C(C)(C)C)cc(C(C)(C)C)c3O)n4-c3ccccc3-c3ccccc3)cc(C(C)(C)C)c2)cc2oc(-c3c(C(C)C)cc(C(C)C)cc3C(C)C)cc12.[Pt]. The molecule has 0 saturated heterocycles. The molecule has 3 heterocycles. The summed E-state index contributed by atoms with van der Waals surface area (Å²) in [4.78, 5) is 11.0. The molecule has 1 N–H and O–H groups in total. The molecule has 0 radical (unpaired) electrons. The molecule has 0 aliphatic heterocycles. The Morgan fingerprint density at radius 1 is 0.583 bits per heavy atom. The molecule has 0 atom stereocenters. The van der Waals surface area contributed by atoms with Crippen molar-refractivity contribution in [1.29, 1.82) is 0 Å². The number of aryl methyl sites for hydroxylation is 1. The van der Waals surface area contributed by atoms with E-state index in [9.17, 15) is 5.11 Å². The first kappa shape index (κ1) is 52.3. The first-order valence-corrected chi connectivity index (χ1v) is 25.6. The van der Waals surface area contributed by atoms with Crippen molar-refractivity contribution in [1.82, 2.24) is 14.5 Å². The Kier molecular flexibility index (Phi) is 14.1. The maximum atomic E-state index is 12.5. The number of imidazole rings is 1. The molecule has 0 aliphatic rings. The molecule has 6 heteroatoms. The molecule has 5 nitrogen and oxygen atoms in total. The van der Waals surface area contributed by atoms with Crippen molar-refractivity contribution in [2.75, 3.05) is 0 Å². The van der Waals surface area contributed by atoms with E-state index in [-0.39, 0.29) is 43.1 Å². The fourth-order valence-electron chi connectivity index (χ4n) is 10.1. The third kappa shape index (κ3) is 9.79. The number of nitrogens with zero attached hydrogens (tertiary/aromatic N) is 3. The van der Waals surface area contributed by atoms with E-state index in [0.717, 1.165) is 89.3 Å². The van der Waals surface area contributed by atoms with Crippen LogP contribution in [0.3, 0.4) is 0 Å². The molecule has 374 valence electrons. The molecule has 0 unspecified atom stereocenters. The van der Waals surface area contributed by atoms with Crippen LogP contribution in [0.5, 0.6) is 5.75 Å². The van der Waals surface area contributed by atoms with Crippen LogP contribution in [-0.2, 0) is 37.3 Å². The number of para-hydroxylation sites is 2. The number of rotatable bonds is 9. The number of pyridine rings is 1. The monoisotopic (exact) mass is 1130 g/mol. The van der Waals surface area contributed by atoms with Gasteiger partial charge in [-0.3, -0.25) is 9.55 Å². The molecule has 9 rings (SSSR count). The summed E-state index contributed by atoms with van der Waals surface area (Å²) in [6, 6.07) is 47.3. The van der Waals surface area contributed by atoms with Gasteiger partial charge in [0, 0.05) is 54.5 Å². The zero-order valence-electron chi connectivity index (χ0n) is 45.3. The third-order valence-corrected chi connectivity index (χ3v) is 14.3. The summed E-state index contributed by atoms with van der Waals surface area (Å²) in [7, 11) is 0. The number of furan rings is 1. The van der Waals surface area contributed by atoms with E-state index in [4.69, 9.17) is 14.4 Å². The van der Waals surface area contributed by atoms with E-state index < -0.39 is 0 Å². The number of aromatic nitrogens is 3. The minimum absolute atomic E-state index is 0. The summed E-state index contributed by atoms with van der Waals surface area (Å²) in [6.45, 7) is 35.7. The van der Waals surface area contributed by atoms with Crippen molar-refractivity contribution in [3.63, 3.8) is 0 Å². The summed E-state index contributed by atoms with van der Waals surface area (Å²) in [5.41, 5.74) is 18.5. The second-order valence-corrected chi connectivity index (χ2v) is 23.8. The van der Waals surface area contributed by atoms with Crippen molar-refractivity contribution in [2.24, 2.45) is 0 Å². The van der Waals surface area contributed by atoms with Crippen LogP contribution in [0.15, 0.2) is 126 Å². The number of aromatic hydroxyl groups is 1. The average molecular weight is 1130 g/mol. The van der Waals surface area contributed by atoms with Crippen molar-refractivity contribution in [3.05, 3.63) is 166 Å². The summed E-state index contributed by atoms with van der Waals surface area (Å²) in [6.07, 6.45) is 0. The van der Waals surface area contributed by atoms with E-state index in [1.54, 1.807) is 0 Å². The fourth-order valence-corrected chi connectivity index (χ4v) is 10.1. The van der Waals surface area contributed by atoms with Crippen molar-refractivity contribution in [3.8, 4) is 67.7 Å². The summed E-state index contributed by atoms with van der Waals surface area (Å²) in [5, 5.41) is 13.5. The van der Waals surface area contributed by atoms with Crippen molar-refractivity contribution >= 4 is 22.0 Å². The van der Waals surface area contributed by atoms with Crippen LogP contribution in [0.1, 0.15) is 161 Å². The first-order valence-electron chi connectivity index (χ1n) is 25.6. The van der Waals surface area contributed by atoms with Gasteiger partial charge in [0.15, 0.2) is 0 Å². The predicted molar refractivity (Wildman–Crippen MR) is 299 cm³/mol. The Morgan fingerprint density at radius 2 is 1.18 bits per heavy atom. The first-order chi connectivity index (χ1) is 33.4. The zero-order valence-corrected chi connectivity index (χ0v) is 47.6. The molecule has 9 aromatic rings. The number of fused-ring (bicyclic) bond motifs is 2. The largest absolute Gasteiger partial charge is 0.507 e. The number of phenolic OH excluding ortho intramolecular Hbond substituents is 1. The molecule has 6 aromatic carbocycles. The standard InChI is InChI=1S/C66H72N3O2.Pt/c1-38(2)43-32-50(39(3)4)60(51(33-43)40(5)6)59-36-52-41(7)67-55(37-58(52)71-59)45-29-44(30-46(31-45)64(8,9)10)49-26-22-28-57-61(49)68-63(53-34-47(65(11,12)13)35-54(62(53)70)66(14,15)16)69(57)56-27-21-20-25-48(56)42-23-18-17-19-24-42;/h17-28,30-40,70H,1-16H3;/q-1;. The predicted octanol–water partition coefficient (Wildman–Crippen LogP) is 18.6. The average Bonchev–Trinajstić information content (AvgIpc) is 3.93. The number of phenols is 1. The molecule has 0 fully saturated rings. The maximum Gasteiger partial charge on any atom is 0.148 e. The van der Waals surface area contributed by atoms with Gasteiger partial charge in [-0.15, -0.1) is 29.3 Å². The summed E-state index contributed by atoms with van der Waals surface area (Å²) < 4.78 is 9.22. The second-order valence-electron chi connectivity index (χ2n) is 23.8. The topological polar surface area (TPSA) is 64.1 Å². The molecule has 0 aliphatic carbocycles. The summed E-state index contributed by atoms with van der Waals surface area (Å²) in [5.74, 6) is 2.88. The van der Waals surface area contributed by atoms with Crippen LogP contribution in [-0.4, -0.2) is 19.6 Å². The van der Waals surface area contributed by atoms with Crippen LogP contribution < -0.4 is 0 Å². The van der Waals surface area contributed by atoms with Gasteiger partial charge >= 0.3 is 0 Å². The van der Waals surface area contributed by atoms with Crippen LogP contribution >= 0.6 is 0 Å². The molecule has 0 spiro atoms. The molecule has 0 amide bonds. The van der Waals surface area contributed by atoms with E-state index in [2.05, 4.69) is 243 Å². The third-order valence-electron chi connectivity index (χ3n) is 14.3. The van der Waals surface area contributed by atoms with Crippen molar-refractivity contribution < 1.29 is 30.6 Å². The molecular weight excluding hydrogens is 1060 g/mol. The smallest absolute Gasteiger partial charge is 0.148 e. The Labute approximate surface area is 443 Å². The van der Waals surface area contributed by atoms with Crippen LogP contribution in [0, 0.1) is 13.0 Å². The quantitative estimate of drug-likeness (QED) is 0.146. The van der Waals surface area contributed by atoms with Crippen molar-refractivity contribution in [2.45, 2.75) is 145 Å². The number of benzene rings is 6. The maximum absolute atomic E-state index is 12.5. The fraction of sp³-hybridized carbons (Fsp3) is 0.333. The van der Waals surface area contributed by atoms with Gasteiger partial charge in [0.2, 0.25) is 0 Å². The van der Waals surface area contributed by atoms with E-state index in [0.29, 0.717) is 29.1 Å². The van der Waals surface area contributed by atoms with Gasteiger partial charge in [-0.05, 0) is 99.1 Å². The number of hydrogen-bond donors (Lipinski definition) is 1. The van der Waals surface area contributed by atoms with Crippen LogP contribution in [0.4, 0.5) is 0 Å². The van der Waals surface area contributed by atoms with Gasteiger partial charge in [0.25, 0.3) is 0 Å². The minimum Gasteiger partial charge on any atom is -0.507 e. The van der Waals surface area contributed by atoms with E-state index in [1.165, 1.54) is 22.3 Å². The zero-order chi connectivity index (χ0) is 51.1. The molecule has 0 bridgehead atoms. The summed E-state index contributed by atoms with van der Waals surface area (Å²) >= 11 is 0. The van der Waals surface area contributed by atoms with Gasteiger partial charge in [-0.25, -0.2) is 4.98 Å². The Hall–Kier alpha value is -6.03. The molecule has 3 aromatic heterocycles. The Bertz CT molecular complexity index is 3450. The van der Waals surface area contributed by atoms with Gasteiger partial charge in [0.05, 0.1) is 22.3 Å². The van der Waals surface area contributed by atoms with Gasteiger partial charge < -0.3 is 9.52 Å². The minimum atomic E-state index is -0.331. The normalized spacial score (nSPS) is 12.5. The van der Waals surface area contributed by atoms with Gasteiger partial charge in [-0.2, -0.15) is 0 Å². The Morgan fingerprint density at radius 3 is 1.79 bits per heavy atom. The van der Waals surface area contributed by atoms with Gasteiger partial charge in [0.1, 0.15) is 22.9 Å². The Balaban J connectivity index is 0.00000693. The molecule has 72 heavy (non-hydrogen) atoms. The van der Waals surface area contributed by atoms with E-state index in [1.807, 2.05) is 0 Å². The number of hydrogen-bond acceptors (Lipinski definition) is 4. The molecular formula is C66H72N3O2Pt-. The molecule has 0 saturated carbocycles. The van der Waals surface area contributed by atoms with Crippen LogP contribution in [0.2, 0.25) is 0 Å².